The van der Waals surface area contributed by atoms with E-state index in [-0.39, 0.29) is 12.5 Å². The second-order valence-corrected chi connectivity index (χ2v) is 9.45. The van der Waals surface area contributed by atoms with Crippen molar-refractivity contribution in [2.45, 2.75) is 19.8 Å². The largest absolute Gasteiger partial charge is 0.481 e. The Morgan fingerprint density at radius 3 is 2.46 bits per heavy atom. The van der Waals surface area contributed by atoms with Gasteiger partial charge in [-0.15, -0.1) is 6.58 Å². The SMILES string of the molecule is C=CCN1C[C@@H]2CN(S(=O)(=O)N3CCC(C)CC3)C[C@]2(C(=O)O)C1. The summed E-state index contributed by atoms with van der Waals surface area (Å²) in [6.07, 6.45) is 3.50. The minimum atomic E-state index is -3.56. The van der Waals surface area contributed by atoms with Crippen LogP contribution in [0.4, 0.5) is 0 Å². The fourth-order valence-corrected chi connectivity index (χ4v) is 6.06. The molecule has 3 heterocycles. The van der Waals surface area contributed by atoms with Crippen molar-refractivity contribution in [3.63, 3.8) is 0 Å². The first-order chi connectivity index (χ1) is 11.3. The minimum Gasteiger partial charge on any atom is -0.481 e. The van der Waals surface area contributed by atoms with E-state index in [2.05, 4.69) is 18.4 Å². The van der Waals surface area contributed by atoms with Gasteiger partial charge in [0, 0.05) is 51.7 Å². The molecule has 0 saturated carbocycles. The molecule has 0 bridgehead atoms. The molecule has 0 aromatic heterocycles. The van der Waals surface area contributed by atoms with Crippen LogP contribution < -0.4 is 0 Å². The van der Waals surface area contributed by atoms with Crippen molar-refractivity contribution in [1.82, 2.24) is 13.5 Å². The van der Waals surface area contributed by atoms with E-state index in [0.717, 1.165) is 12.8 Å². The lowest BCUT2D eigenvalue weighted by atomic mass is 9.81. The minimum absolute atomic E-state index is 0.0784. The zero-order chi connectivity index (χ0) is 17.5. The van der Waals surface area contributed by atoms with E-state index in [1.165, 1.54) is 8.61 Å². The van der Waals surface area contributed by atoms with E-state index in [0.29, 0.717) is 45.2 Å². The van der Waals surface area contributed by atoms with Gasteiger partial charge in [0.25, 0.3) is 10.2 Å². The Labute approximate surface area is 144 Å². The van der Waals surface area contributed by atoms with Crippen molar-refractivity contribution in [1.29, 1.82) is 0 Å². The van der Waals surface area contributed by atoms with Gasteiger partial charge in [0.1, 0.15) is 0 Å². The molecule has 0 unspecified atom stereocenters. The predicted molar refractivity (Wildman–Crippen MR) is 90.7 cm³/mol. The molecule has 3 aliphatic heterocycles. The highest BCUT2D eigenvalue weighted by Gasteiger charge is 2.59. The van der Waals surface area contributed by atoms with Crippen LogP contribution in [-0.4, -0.2) is 78.8 Å². The maximum absolute atomic E-state index is 12.9. The van der Waals surface area contributed by atoms with Crippen molar-refractivity contribution in [2.24, 2.45) is 17.3 Å². The van der Waals surface area contributed by atoms with Crippen LogP contribution >= 0.6 is 0 Å². The van der Waals surface area contributed by atoms with Gasteiger partial charge in [0.2, 0.25) is 0 Å². The summed E-state index contributed by atoms with van der Waals surface area (Å²) in [5, 5.41) is 9.80. The summed E-state index contributed by atoms with van der Waals surface area (Å²) >= 11 is 0. The zero-order valence-corrected chi connectivity index (χ0v) is 15.0. The molecule has 0 spiro atoms. The lowest BCUT2D eigenvalue weighted by molar-refractivity contribution is -0.148. The number of rotatable bonds is 5. The second-order valence-electron chi connectivity index (χ2n) is 7.52. The molecule has 24 heavy (non-hydrogen) atoms. The van der Waals surface area contributed by atoms with Crippen LogP contribution in [0.1, 0.15) is 19.8 Å². The summed E-state index contributed by atoms with van der Waals surface area (Å²) < 4.78 is 28.8. The van der Waals surface area contributed by atoms with Crippen LogP contribution in [-0.2, 0) is 15.0 Å². The van der Waals surface area contributed by atoms with Gasteiger partial charge in [0.05, 0.1) is 5.41 Å². The molecule has 3 fully saturated rings. The first-order valence-corrected chi connectivity index (χ1v) is 10.0. The summed E-state index contributed by atoms with van der Waals surface area (Å²) in [6, 6.07) is 0. The Balaban J connectivity index is 1.76. The molecular weight excluding hydrogens is 330 g/mol. The standard InChI is InChI=1S/C16H27N3O4S/c1-3-6-17-9-14-10-19(12-16(14,11-17)15(20)21)24(22,23)18-7-4-13(2)5-8-18/h3,13-14H,1,4-12H2,2H3,(H,20,21)/t14-,16-/m1/s1. The van der Waals surface area contributed by atoms with Gasteiger partial charge in [-0.05, 0) is 18.8 Å². The number of likely N-dealkylation sites (tertiary alicyclic amines) is 1. The average molecular weight is 357 g/mol. The highest BCUT2D eigenvalue weighted by Crippen LogP contribution is 2.44. The Hall–Kier alpha value is -0.960. The molecular formula is C16H27N3O4S. The van der Waals surface area contributed by atoms with Gasteiger partial charge < -0.3 is 5.11 Å². The van der Waals surface area contributed by atoms with Gasteiger partial charge in [-0.3, -0.25) is 9.69 Å². The number of carboxylic acid groups (broad SMARTS) is 1. The maximum atomic E-state index is 12.9. The Morgan fingerprint density at radius 2 is 1.92 bits per heavy atom. The molecule has 3 aliphatic rings. The van der Waals surface area contributed by atoms with E-state index in [1.807, 2.05) is 0 Å². The summed E-state index contributed by atoms with van der Waals surface area (Å²) in [7, 11) is -3.56. The fraction of sp³-hybridized carbons (Fsp3) is 0.812. The van der Waals surface area contributed by atoms with E-state index in [1.54, 1.807) is 6.08 Å². The topological polar surface area (TPSA) is 81.2 Å². The molecule has 2 atom stereocenters. The lowest BCUT2D eigenvalue weighted by Crippen LogP contribution is -2.48. The van der Waals surface area contributed by atoms with Gasteiger partial charge in [-0.1, -0.05) is 13.0 Å². The van der Waals surface area contributed by atoms with Gasteiger partial charge >= 0.3 is 5.97 Å². The predicted octanol–water partition coefficient (Wildman–Crippen LogP) is 0.468. The summed E-state index contributed by atoms with van der Waals surface area (Å²) in [6.45, 7) is 8.93. The summed E-state index contributed by atoms with van der Waals surface area (Å²) in [4.78, 5) is 14.0. The van der Waals surface area contributed by atoms with Crippen LogP contribution in [0, 0.1) is 17.3 Å². The molecule has 3 saturated heterocycles. The maximum Gasteiger partial charge on any atom is 0.312 e. The number of nitrogens with zero attached hydrogens (tertiary/aromatic N) is 3. The van der Waals surface area contributed by atoms with Crippen molar-refractivity contribution >= 4 is 16.2 Å². The normalized spacial score (nSPS) is 33.6. The van der Waals surface area contributed by atoms with Crippen LogP contribution in [0.25, 0.3) is 0 Å². The molecule has 0 aromatic carbocycles. The first kappa shape index (κ1) is 17.8. The molecule has 0 aliphatic carbocycles. The molecule has 136 valence electrons. The number of carbonyl (C=O) groups is 1. The fourth-order valence-electron chi connectivity index (χ4n) is 4.30. The van der Waals surface area contributed by atoms with E-state index < -0.39 is 21.6 Å². The van der Waals surface area contributed by atoms with Crippen LogP contribution in [0.3, 0.4) is 0 Å². The molecule has 1 N–H and O–H groups in total. The summed E-state index contributed by atoms with van der Waals surface area (Å²) in [5.41, 5.74) is -0.987. The Kier molecular flexibility index (Phi) is 4.76. The monoisotopic (exact) mass is 357 g/mol. The van der Waals surface area contributed by atoms with Gasteiger partial charge in [-0.25, -0.2) is 0 Å². The quantitative estimate of drug-likeness (QED) is 0.724. The molecule has 7 nitrogen and oxygen atoms in total. The number of fused-ring (bicyclic) bond motifs is 1. The molecule has 0 amide bonds. The number of piperidine rings is 1. The zero-order valence-electron chi connectivity index (χ0n) is 14.2. The van der Waals surface area contributed by atoms with Crippen LogP contribution in [0.5, 0.6) is 0 Å². The van der Waals surface area contributed by atoms with Crippen LogP contribution in [0.2, 0.25) is 0 Å². The van der Waals surface area contributed by atoms with E-state index in [9.17, 15) is 18.3 Å². The lowest BCUT2D eigenvalue weighted by Gasteiger charge is -2.33. The Bertz CT molecular complexity index is 615. The third-order valence-corrected chi connectivity index (χ3v) is 7.81. The van der Waals surface area contributed by atoms with Crippen molar-refractivity contribution in [3.05, 3.63) is 12.7 Å². The van der Waals surface area contributed by atoms with Crippen molar-refractivity contribution in [3.8, 4) is 0 Å². The molecule has 0 radical (unpaired) electrons. The average Bonchev–Trinajstić information content (AvgIpc) is 3.03. The van der Waals surface area contributed by atoms with Crippen molar-refractivity contribution < 1.29 is 18.3 Å². The molecule has 0 aromatic rings. The van der Waals surface area contributed by atoms with Crippen LogP contribution in [0.15, 0.2) is 12.7 Å². The smallest absolute Gasteiger partial charge is 0.312 e. The highest BCUT2D eigenvalue weighted by molar-refractivity contribution is 7.86. The number of hydrogen-bond acceptors (Lipinski definition) is 4. The van der Waals surface area contributed by atoms with Gasteiger partial charge in [-0.2, -0.15) is 17.0 Å². The number of aliphatic carboxylic acids is 1. The Morgan fingerprint density at radius 1 is 1.25 bits per heavy atom. The van der Waals surface area contributed by atoms with Gasteiger partial charge in [0.15, 0.2) is 0 Å². The summed E-state index contributed by atoms with van der Waals surface area (Å²) in [5.74, 6) is -0.496. The van der Waals surface area contributed by atoms with E-state index in [4.69, 9.17) is 0 Å². The second kappa shape index (κ2) is 6.40. The third-order valence-electron chi connectivity index (χ3n) is 5.86. The van der Waals surface area contributed by atoms with Crippen molar-refractivity contribution in [2.75, 3.05) is 45.8 Å². The molecule has 3 rings (SSSR count). The third kappa shape index (κ3) is 2.89. The highest BCUT2D eigenvalue weighted by atomic mass is 32.2. The number of carboxylic acids is 1. The number of hydrogen-bond donors (Lipinski definition) is 1. The van der Waals surface area contributed by atoms with E-state index >= 15 is 0 Å². The molecule has 8 heteroatoms. The first-order valence-electron chi connectivity index (χ1n) is 8.61.